The molecule has 0 spiro atoms. The summed E-state index contributed by atoms with van der Waals surface area (Å²) in [6, 6.07) is 2.10. The standard InChI is InChI=1S/C15H31N3O/c1-12(2)18-7-8-19-15(11-18)10-16-9-13(3)17(4)14-5-6-14/h12-16H,5-11H2,1-4H3. The number of hydrogen-bond donors (Lipinski definition) is 1. The predicted octanol–water partition coefficient (Wildman–Crippen LogP) is 1.17. The first kappa shape index (κ1) is 15.2. The van der Waals surface area contributed by atoms with Gasteiger partial charge in [-0.05, 0) is 40.7 Å². The van der Waals surface area contributed by atoms with Gasteiger partial charge in [0.1, 0.15) is 0 Å². The molecule has 1 N–H and O–H groups in total. The fourth-order valence-corrected chi connectivity index (χ4v) is 2.77. The van der Waals surface area contributed by atoms with E-state index < -0.39 is 0 Å². The lowest BCUT2D eigenvalue weighted by atomic mass is 10.2. The van der Waals surface area contributed by atoms with Crippen molar-refractivity contribution in [2.45, 2.75) is 57.8 Å². The van der Waals surface area contributed by atoms with Gasteiger partial charge in [0.2, 0.25) is 0 Å². The quantitative estimate of drug-likeness (QED) is 0.751. The van der Waals surface area contributed by atoms with Crippen molar-refractivity contribution in [1.82, 2.24) is 15.1 Å². The third-order valence-electron chi connectivity index (χ3n) is 4.53. The molecule has 0 aromatic rings. The maximum Gasteiger partial charge on any atom is 0.0826 e. The Morgan fingerprint density at radius 2 is 2.05 bits per heavy atom. The van der Waals surface area contributed by atoms with E-state index in [1.165, 1.54) is 12.8 Å². The highest BCUT2D eigenvalue weighted by Crippen LogP contribution is 2.26. The number of ether oxygens (including phenoxy) is 1. The van der Waals surface area contributed by atoms with Gasteiger partial charge in [-0.2, -0.15) is 0 Å². The molecule has 1 saturated heterocycles. The van der Waals surface area contributed by atoms with E-state index >= 15 is 0 Å². The topological polar surface area (TPSA) is 27.7 Å². The predicted molar refractivity (Wildman–Crippen MR) is 79.6 cm³/mol. The van der Waals surface area contributed by atoms with Crippen LogP contribution in [0.15, 0.2) is 0 Å². The van der Waals surface area contributed by atoms with Crippen LogP contribution in [0.1, 0.15) is 33.6 Å². The van der Waals surface area contributed by atoms with Crippen LogP contribution >= 0.6 is 0 Å². The third-order valence-corrected chi connectivity index (χ3v) is 4.53. The summed E-state index contributed by atoms with van der Waals surface area (Å²) in [4.78, 5) is 5.02. The molecule has 1 saturated carbocycles. The van der Waals surface area contributed by atoms with Gasteiger partial charge in [0.05, 0.1) is 12.7 Å². The second kappa shape index (κ2) is 7.02. The maximum absolute atomic E-state index is 5.84. The van der Waals surface area contributed by atoms with Gasteiger partial charge in [-0.25, -0.2) is 0 Å². The minimum atomic E-state index is 0.356. The SMILES string of the molecule is CC(C)N1CCOC(CNCC(C)N(C)C2CC2)C1. The van der Waals surface area contributed by atoms with E-state index in [1.54, 1.807) is 0 Å². The lowest BCUT2D eigenvalue weighted by Crippen LogP contribution is -2.50. The Bertz CT molecular complexity index is 268. The Hall–Kier alpha value is -0.160. The molecule has 1 aliphatic heterocycles. The Kier molecular flexibility index (Phi) is 5.63. The third kappa shape index (κ3) is 4.71. The number of nitrogens with one attached hydrogen (secondary N) is 1. The molecular formula is C15H31N3O. The maximum atomic E-state index is 5.84. The zero-order valence-electron chi connectivity index (χ0n) is 13.1. The molecule has 0 bridgehead atoms. The van der Waals surface area contributed by atoms with E-state index in [2.05, 4.69) is 42.9 Å². The van der Waals surface area contributed by atoms with Crippen LogP contribution in [-0.4, -0.2) is 73.9 Å². The van der Waals surface area contributed by atoms with Crippen LogP contribution in [0.3, 0.4) is 0 Å². The van der Waals surface area contributed by atoms with E-state index in [4.69, 9.17) is 4.74 Å². The second-order valence-corrected chi connectivity index (χ2v) is 6.49. The zero-order valence-corrected chi connectivity index (χ0v) is 13.1. The number of nitrogens with zero attached hydrogens (tertiary/aromatic N) is 2. The van der Waals surface area contributed by atoms with E-state index in [-0.39, 0.29) is 0 Å². The molecule has 0 amide bonds. The van der Waals surface area contributed by atoms with Crippen molar-refractivity contribution in [3.63, 3.8) is 0 Å². The number of morpholine rings is 1. The zero-order chi connectivity index (χ0) is 13.8. The number of rotatable bonds is 7. The van der Waals surface area contributed by atoms with Crippen LogP contribution in [0.4, 0.5) is 0 Å². The molecular weight excluding hydrogens is 238 g/mol. The summed E-state index contributed by atoms with van der Waals surface area (Å²) in [5.41, 5.74) is 0. The molecule has 4 nitrogen and oxygen atoms in total. The minimum Gasteiger partial charge on any atom is -0.374 e. The first-order valence-electron chi connectivity index (χ1n) is 7.86. The summed E-state index contributed by atoms with van der Waals surface area (Å²) in [6.45, 7) is 11.9. The van der Waals surface area contributed by atoms with E-state index in [9.17, 15) is 0 Å². The summed E-state index contributed by atoms with van der Waals surface area (Å²) in [6.07, 6.45) is 3.13. The van der Waals surface area contributed by atoms with Crippen molar-refractivity contribution in [3.05, 3.63) is 0 Å². The van der Waals surface area contributed by atoms with Crippen LogP contribution in [0.25, 0.3) is 0 Å². The molecule has 2 aliphatic rings. The van der Waals surface area contributed by atoms with Gasteiger partial charge in [-0.1, -0.05) is 0 Å². The van der Waals surface area contributed by atoms with Crippen molar-refractivity contribution in [2.75, 3.05) is 39.8 Å². The Balaban J connectivity index is 1.62. The van der Waals surface area contributed by atoms with Crippen LogP contribution in [0.2, 0.25) is 0 Å². The van der Waals surface area contributed by atoms with Gasteiger partial charge in [0, 0.05) is 44.3 Å². The molecule has 2 rings (SSSR count). The van der Waals surface area contributed by atoms with Gasteiger partial charge >= 0.3 is 0 Å². The van der Waals surface area contributed by atoms with Gasteiger partial charge in [0.25, 0.3) is 0 Å². The van der Waals surface area contributed by atoms with Crippen molar-refractivity contribution < 1.29 is 4.74 Å². The fourth-order valence-electron chi connectivity index (χ4n) is 2.77. The molecule has 0 aromatic heterocycles. The molecule has 2 unspecified atom stereocenters. The average molecular weight is 269 g/mol. The lowest BCUT2D eigenvalue weighted by Gasteiger charge is -2.36. The molecule has 0 radical (unpaired) electrons. The summed E-state index contributed by atoms with van der Waals surface area (Å²) in [5, 5.41) is 3.58. The summed E-state index contributed by atoms with van der Waals surface area (Å²) < 4.78 is 5.84. The molecule has 19 heavy (non-hydrogen) atoms. The average Bonchev–Trinajstić information content (AvgIpc) is 3.22. The van der Waals surface area contributed by atoms with Crippen LogP contribution in [0, 0.1) is 0 Å². The second-order valence-electron chi connectivity index (χ2n) is 6.49. The molecule has 2 atom stereocenters. The fraction of sp³-hybridized carbons (Fsp3) is 1.00. The molecule has 4 heteroatoms. The number of hydrogen-bond acceptors (Lipinski definition) is 4. The first-order chi connectivity index (χ1) is 9.08. The Labute approximate surface area is 118 Å². The largest absolute Gasteiger partial charge is 0.374 e. The molecule has 112 valence electrons. The monoisotopic (exact) mass is 269 g/mol. The Morgan fingerprint density at radius 3 is 2.68 bits per heavy atom. The molecule has 0 aromatic carbocycles. The van der Waals surface area contributed by atoms with Crippen molar-refractivity contribution >= 4 is 0 Å². The lowest BCUT2D eigenvalue weighted by molar-refractivity contribution is -0.0374. The first-order valence-corrected chi connectivity index (χ1v) is 7.86. The summed E-state index contributed by atoms with van der Waals surface area (Å²) in [7, 11) is 2.25. The van der Waals surface area contributed by atoms with E-state index in [1.807, 2.05) is 0 Å². The normalized spacial score (nSPS) is 27.2. The molecule has 1 aliphatic carbocycles. The van der Waals surface area contributed by atoms with Crippen molar-refractivity contribution in [1.29, 1.82) is 0 Å². The van der Waals surface area contributed by atoms with Gasteiger partial charge in [-0.3, -0.25) is 9.80 Å². The van der Waals surface area contributed by atoms with Crippen LogP contribution < -0.4 is 5.32 Å². The van der Waals surface area contributed by atoms with Gasteiger partial charge in [-0.15, -0.1) is 0 Å². The number of likely N-dealkylation sites (N-methyl/N-ethyl adjacent to an activating group) is 1. The van der Waals surface area contributed by atoms with E-state index in [0.29, 0.717) is 18.2 Å². The van der Waals surface area contributed by atoms with Crippen molar-refractivity contribution in [2.24, 2.45) is 0 Å². The molecule has 2 fully saturated rings. The smallest absolute Gasteiger partial charge is 0.0826 e. The van der Waals surface area contributed by atoms with Crippen molar-refractivity contribution in [3.8, 4) is 0 Å². The minimum absolute atomic E-state index is 0.356. The van der Waals surface area contributed by atoms with Crippen LogP contribution in [0.5, 0.6) is 0 Å². The highest BCUT2D eigenvalue weighted by molar-refractivity contribution is 4.86. The highest BCUT2D eigenvalue weighted by Gasteiger charge is 2.29. The highest BCUT2D eigenvalue weighted by atomic mass is 16.5. The Morgan fingerprint density at radius 1 is 1.32 bits per heavy atom. The summed E-state index contributed by atoms with van der Waals surface area (Å²) in [5.74, 6) is 0. The van der Waals surface area contributed by atoms with E-state index in [0.717, 1.165) is 38.8 Å². The molecule has 1 heterocycles. The van der Waals surface area contributed by atoms with Gasteiger partial charge in [0.15, 0.2) is 0 Å². The summed E-state index contributed by atoms with van der Waals surface area (Å²) >= 11 is 0. The van der Waals surface area contributed by atoms with Gasteiger partial charge < -0.3 is 10.1 Å². The van der Waals surface area contributed by atoms with Crippen LogP contribution in [-0.2, 0) is 4.74 Å².